The van der Waals surface area contributed by atoms with Crippen LogP contribution in [0.5, 0.6) is 5.75 Å². The fourth-order valence-electron chi connectivity index (χ4n) is 1.34. The summed E-state index contributed by atoms with van der Waals surface area (Å²) in [7, 11) is 1.56. The van der Waals surface area contributed by atoms with Gasteiger partial charge in [0.2, 0.25) is 0 Å². The van der Waals surface area contributed by atoms with Crippen LogP contribution in [0.1, 0.15) is 17.3 Å². The molecule has 1 rings (SSSR count). The number of nitro groups is 1. The molecule has 0 bridgehead atoms. The molecule has 0 atom stereocenters. The van der Waals surface area contributed by atoms with Gasteiger partial charge < -0.3 is 14.7 Å². The van der Waals surface area contributed by atoms with Crippen LogP contribution in [-0.2, 0) is 4.79 Å². The van der Waals surface area contributed by atoms with Crippen molar-refractivity contribution in [3.05, 3.63) is 33.9 Å². The summed E-state index contributed by atoms with van der Waals surface area (Å²) >= 11 is 0. The van der Waals surface area contributed by atoms with E-state index in [4.69, 9.17) is 9.84 Å². The summed E-state index contributed by atoms with van der Waals surface area (Å²) < 4.78 is 5.08. The van der Waals surface area contributed by atoms with E-state index in [9.17, 15) is 19.7 Å². The highest BCUT2D eigenvalue weighted by molar-refractivity contribution is 5.88. The third-order valence-electron chi connectivity index (χ3n) is 2.65. The van der Waals surface area contributed by atoms with Gasteiger partial charge in [0.15, 0.2) is 12.4 Å². The Morgan fingerprint density at radius 1 is 1.45 bits per heavy atom. The van der Waals surface area contributed by atoms with Gasteiger partial charge in [0.1, 0.15) is 0 Å². The van der Waals surface area contributed by atoms with Gasteiger partial charge in [-0.25, -0.2) is 4.79 Å². The maximum Gasteiger partial charge on any atom is 0.335 e. The second-order valence-electron chi connectivity index (χ2n) is 3.94. The van der Waals surface area contributed by atoms with Gasteiger partial charge in [-0.1, -0.05) is 0 Å². The van der Waals surface area contributed by atoms with Gasteiger partial charge in [0.05, 0.1) is 10.5 Å². The Labute approximate surface area is 114 Å². The van der Waals surface area contributed by atoms with Crippen molar-refractivity contribution in [1.29, 1.82) is 0 Å². The average Bonchev–Trinajstić information content (AvgIpc) is 2.43. The molecule has 0 spiro atoms. The fourth-order valence-corrected chi connectivity index (χ4v) is 1.34. The van der Waals surface area contributed by atoms with E-state index in [2.05, 4.69) is 0 Å². The molecule has 1 amide bonds. The van der Waals surface area contributed by atoms with Gasteiger partial charge in [0, 0.05) is 25.7 Å². The standard InChI is InChI=1S/C12H14N2O6/c1-3-13(2)11(15)7-20-10-6-8(12(16)17)4-5-9(10)14(18)19/h4-6H,3,7H2,1-2H3,(H,16,17). The number of carboxylic acids is 1. The molecular weight excluding hydrogens is 268 g/mol. The van der Waals surface area contributed by atoms with Crippen molar-refractivity contribution in [2.75, 3.05) is 20.2 Å². The summed E-state index contributed by atoms with van der Waals surface area (Å²) in [5.41, 5.74) is -0.538. The van der Waals surface area contributed by atoms with Crippen LogP contribution in [-0.4, -0.2) is 47.0 Å². The van der Waals surface area contributed by atoms with Crippen molar-refractivity contribution >= 4 is 17.6 Å². The Hall–Kier alpha value is -2.64. The van der Waals surface area contributed by atoms with Crippen LogP contribution in [0.15, 0.2) is 18.2 Å². The number of benzene rings is 1. The van der Waals surface area contributed by atoms with Gasteiger partial charge in [0.25, 0.3) is 5.91 Å². The maximum atomic E-state index is 11.6. The lowest BCUT2D eigenvalue weighted by Gasteiger charge is -2.14. The maximum absolute atomic E-state index is 11.6. The van der Waals surface area contributed by atoms with E-state index in [1.54, 1.807) is 14.0 Å². The zero-order valence-electron chi connectivity index (χ0n) is 11.0. The van der Waals surface area contributed by atoms with Crippen LogP contribution in [0.3, 0.4) is 0 Å². The smallest absolute Gasteiger partial charge is 0.335 e. The lowest BCUT2D eigenvalue weighted by atomic mass is 10.2. The van der Waals surface area contributed by atoms with E-state index in [1.807, 2.05) is 0 Å². The minimum atomic E-state index is -1.23. The number of aromatic carboxylic acids is 1. The van der Waals surface area contributed by atoms with Crippen LogP contribution < -0.4 is 4.74 Å². The van der Waals surface area contributed by atoms with E-state index in [0.717, 1.165) is 18.2 Å². The normalized spacial score (nSPS) is 9.90. The molecule has 0 unspecified atom stereocenters. The quantitative estimate of drug-likeness (QED) is 0.619. The molecule has 0 saturated carbocycles. The van der Waals surface area contributed by atoms with Gasteiger partial charge in [-0.15, -0.1) is 0 Å². The number of hydrogen-bond donors (Lipinski definition) is 1. The first-order chi connectivity index (χ1) is 9.36. The first kappa shape index (κ1) is 15.4. The molecule has 0 aliphatic heterocycles. The Morgan fingerprint density at radius 3 is 2.60 bits per heavy atom. The van der Waals surface area contributed by atoms with Gasteiger partial charge >= 0.3 is 11.7 Å². The molecule has 0 fully saturated rings. The monoisotopic (exact) mass is 282 g/mol. The number of hydrogen-bond acceptors (Lipinski definition) is 5. The number of nitro benzene ring substituents is 1. The number of nitrogens with zero attached hydrogens (tertiary/aromatic N) is 2. The highest BCUT2D eigenvalue weighted by Gasteiger charge is 2.19. The molecule has 0 heterocycles. The Balaban J connectivity index is 2.96. The van der Waals surface area contributed by atoms with Gasteiger partial charge in [-0.05, 0) is 13.0 Å². The summed E-state index contributed by atoms with van der Waals surface area (Å²) in [5.74, 6) is -1.84. The number of likely N-dealkylation sites (N-methyl/N-ethyl adjacent to an activating group) is 1. The first-order valence-electron chi connectivity index (χ1n) is 5.75. The van der Waals surface area contributed by atoms with Crippen LogP contribution in [0, 0.1) is 10.1 Å². The molecule has 8 nitrogen and oxygen atoms in total. The minimum absolute atomic E-state index is 0.151. The largest absolute Gasteiger partial charge is 0.478 e. The molecule has 0 aliphatic rings. The predicted octanol–water partition coefficient (Wildman–Crippen LogP) is 1.15. The topological polar surface area (TPSA) is 110 Å². The van der Waals surface area contributed by atoms with Crippen molar-refractivity contribution in [2.24, 2.45) is 0 Å². The Bertz CT molecular complexity index is 543. The van der Waals surface area contributed by atoms with Crippen LogP contribution in [0.4, 0.5) is 5.69 Å². The molecule has 1 N–H and O–H groups in total. The summed E-state index contributed by atoms with van der Waals surface area (Å²) in [6, 6.07) is 3.17. The molecule has 20 heavy (non-hydrogen) atoms. The molecule has 0 radical (unpaired) electrons. The van der Waals surface area contributed by atoms with Crippen molar-refractivity contribution in [1.82, 2.24) is 4.90 Å². The van der Waals surface area contributed by atoms with E-state index >= 15 is 0 Å². The predicted molar refractivity (Wildman–Crippen MR) is 68.9 cm³/mol. The molecule has 1 aromatic carbocycles. The lowest BCUT2D eigenvalue weighted by molar-refractivity contribution is -0.385. The highest BCUT2D eigenvalue weighted by Crippen LogP contribution is 2.28. The SMILES string of the molecule is CCN(C)C(=O)COc1cc(C(=O)O)ccc1[N+](=O)[O-]. The average molecular weight is 282 g/mol. The number of amides is 1. The van der Waals surface area contributed by atoms with Gasteiger partial charge in [-0.2, -0.15) is 0 Å². The van der Waals surface area contributed by atoms with Gasteiger partial charge in [-0.3, -0.25) is 14.9 Å². The second kappa shape index (κ2) is 6.50. The summed E-state index contributed by atoms with van der Waals surface area (Å²) in [6.45, 7) is 1.85. The van der Waals surface area contributed by atoms with Crippen molar-refractivity contribution < 1.29 is 24.4 Å². The zero-order chi connectivity index (χ0) is 15.3. The second-order valence-corrected chi connectivity index (χ2v) is 3.94. The summed E-state index contributed by atoms with van der Waals surface area (Å²) in [4.78, 5) is 33.9. The van der Waals surface area contributed by atoms with Crippen molar-refractivity contribution in [3.63, 3.8) is 0 Å². The van der Waals surface area contributed by atoms with Crippen LogP contribution in [0.2, 0.25) is 0 Å². The van der Waals surface area contributed by atoms with Crippen molar-refractivity contribution in [3.8, 4) is 5.75 Å². The molecule has 0 aliphatic carbocycles. The number of carbonyl (C=O) groups is 2. The van der Waals surface area contributed by atoms with Crippen LogP contribution in [0.25, 0.3) is 0 Å². The summed E-state index contributed by atoms with van der Waals surface area (Å²) in [5, 5.41) is 19.7. The number of carbonyl (C=O) groups excluding carboxylic acids is 1. The molecule has 8 heteroatoms. The highest BCUT2D eigenvalue weighted by atomic mass is 16.6. The third kappa shape index (κ3) is 3.67. The number of rotatable bonds is 6. The molecular formula is C12H14N2O6. The Kier molecular flexibility index (Phi) is 5.01. The minimum Gasteiger partial charge on any atom is -0.478 e. The number of ether oxygens (including phenoxy) is 1. The first-order valence-corrected chi connectivity index (χ1v) is 5.75. The Morgan fingerprint density at radius 2 is 2.10 bits per heavy atom. The lowest BCUT2D eigenvalue weighted by Crippen LogP contribution is -2.31. The summed E-state index contributed by atoms with van der Waals surface area (Å²) in [6.07, 6.45) is 0. The third-order valence-corrected chi connectivity index (χ3v) is 2.65. The zero-order valence-corrected chi connectivity index (χ0v) is 11.0. The molecule has 0 aromatic heterocycles. The molecule has 0 saturated heterocycles. The van der Waals surface area contributed by atoms with Crippen molar-refractivity contribution in [2.45, 2.75) is 6.92 Å². The van der Waals surface area contributed by atoms with Crippen LogP contribution >= 0.6 is 0 Å². The van der Waals surface area contributed by atoms with E-state index in [1.165, 1.54) is 4.90 Å². The molecule has 1 aromatic rings. The number of carboxylic acid groups (broad SMARTS) is 1. The molecule has 108 valence electrons. The van der Waals surface area contributed by atoms with E-state index in [0.29, 0.717) is 6.54 Å². The van der Waals surface area contributed by atoms with E-state index in [-0.39, 0.29) is 22.9 Å². The fraction of sp³-hybridized carbons (Fsp3) is 0.333. The van der Waals surface area contributed by atoms with E-state index < -0.39 is 17.5 Å².